The Bertz CT molecular complexity index is 1370. The van der Waals surface area contributed by atoms with Crippen LogP contribution in [0.15, 0.2) is 0 Å². The van der Waals surface area contributed by atoms with Gasteiger partial charge in [0, 0.05) is 91.1 Å². The molecule has 0 aromatic heterocycles. The fourth-order valence-corrected chi connectivity index (χ4v) is 10.3. The first kappa shape index (κ1) is 60.8. The molecule has 0 aliphatic heterocycles. The molecule has 372 valence electrons. The molecule has 0 saturated heterocycles. The zero-order valence-electron chi connectivity index (χ0n) is 45.4. The van der Waals surface area contributed by atoms with Gasteiger partial charge in [-0.25, -0.2) is 0 Å². The molecule has 0 fully saturated rings. The van der Waals surface area contributed by atoms with Gasteiger partial charge in [0.25, 0.3) is 0 Å². The first-order chi connectivity index (χ1) is 28.4. The summed E-state index contributed by atoms with van der Waals surface area (Å²) in [5.74, 6) is 0.0379. The maximum atomic E-state index is 13.4. The average molecular weight is 891 g/mol. The highest BCUT2D eigenvalue weighted by Crippen LogP contribution is 2.38. The highest BCUT2D eigenvalue weighted by molar-refractivity contribution is 5.77. The summed E-state index contributed by atoms with van der Waals surface area (Å²) in [6.45, 7) is 50.4. The maximum Gasteiger partial charge on any atom is 0.221 e. The third-order valence-corrected chi connectivity index (χ3v) is 12.2. The van der Waals surface area contributed by atoms with E-state index in [2.05, 4.69) is 170 Å². The minimum Gasteiger partial charge on any atom is -0.356 e. The minimum atomic E-state index is -0.0332. The molecule has 0 bridgehead atoms. The first-order valence-corrected chi connectivity index (χ1v) is 24.9. The number of hydrogen-bond acceptors (Lipinski definition) is 6. The summed E-state index contributed by atoms with van der Waals surface area (Å²) in [4.78, 5) is 57.6. The van der Waals surface area contributed by atoms with Crippen molar-refractivity contribution in [3.63, 3.8) is 0 Å². The van der Waals surface area contributed by atoms with Crippen molar-refractivity contribution < 1.29 is 19.2 Å². The molecule has 0 atom stereocenters. The third kappa shape index (κ3) is 33.0. The first-order valence-electron chi connectivity index (χ1n) is 24.9. The highest BCUT2D eigenvalue weighted by atomic mass is 16.2. The topological polar surface area (TPSA) is 123 Å². The molecule has 63 heavy (non-hydrogen) atoms. The van der Waals surface area contributed by atoms with Gasteiger partial charge in [-0.15, -0.1) is 0 Å². The number of carbonyl (C=O) groups is 4. The van der Waals surface area contributed by atoms with Crippen LogP contribution in [-0.4, -0.2) is 98.9 Å². The number of carbonyl (C=O) groups excluding carboxylic acids is 4. The average Bonchev–Trinajstić information content (AvgIpc) is 3.09. The van der Waals surface area contributed by atoms with E-state index in [0.29, 0.717) is 91.1 Å². The van der Waals surface area contributed by atoms with Crippen LogP contribution in [0.2, 0.25) is 0 Å². The van der Waals surface area contributed by atoms with Crippen molar-refractivity contribution in [3.05, 3.63) is 0 Å². The number of nitrogens with one attached hydrogen (secondary N) is 4. The Kier molecular flexibility index (Phi) is 25.3. The van der Waals surface area contributed by atoms with Crippen molar-refractivity contribution >= 4 is 23.6 Å². The lowest BCUT2D eigenvalue weighted by Gasteiger charge is -2.35. The lowest BCUT2D eigenvalue weighted by molar-refractivity contribution is -0.124. The van der Waals surface area contributed by atoms with Gasteiger partial charge in [-0.3, -0.25) is 19.2 Å². The molecule has 0 saturated carbocycles. The van der Waals surface area contributed by atoms with E-state index in [1.165, 1.54) is 0 Å². The zero-order valence-corrected chi connectivity index (χ0v) is 45.4. The van der Waals surface area contributed by atoms with E-state index in [9.17, 15) is 19.2 Å². The number of rotatable bonds is 32. The van der Waals surface area contributed by atoms with E-state index in [-0.39, 0.29) is 66.9 Å². The molecule has 4 N–H and O–H groups in total. The summed E-state index contributed by atoms with van der Waals surface area (Å²) >= 11 is 0. The molecule has 0 aromatic rings. The van der Waals surface area contributed by atoms with Crippen LogP contribution in [0.1, 0.15) is 209 Å². The Morgan fingerprint density at radius 1 is 0.349 bits per heavy atom. The Balaban J connectivity index is 6.05. The monoisotopic (exact) mass is 891 g/mol. The molecule has 0 radical (unpaired) electrons. The molecule has 0 spiro atoms. The Labute approximate surface area is 390 Å². The van der Waals surface area contributed by atoms with Crippen LogP contribution in [-0.2, 0) is 19.2 Å². The van der Waals surface area contributed by atoms with Gasteiger partial charge in [-0.1, -0.05) is 151 Å². The summed E-state index contributed by atoms with van der Waals surface area (Å²) in [6, 6.07) is 0. The van der Waals surface area contributed by atoms with Gasteiger partial charge in [0.1, 0.15) is 0 Å². The van der Waals surface area contributed by atoms with Gasteiger partial charge in [0.15, 0.2) is 0 Å². The van der Waals surface area contributed by atoms with Crippen molar-refractivity contribution in [3.8, 4) is 0 Å². The van der Waals surface area contributed by atoms with Crippen molar-refractivity contribution in [1.82, 2.24) is 31.1 Å². The second kappa shape index (κ2) is 26.2. The van der Waals surface area contributed by atoms with Crippen LogP contribution >= 0.6 is 0 Å². The quantitative estimate of drug-likeness (QED) is 0.0534. The second-order valence-electron chi connectivity index (χ2n) is 26.7. The number of nitrogens with zero attached hydrogens (tertiary/aromatic N) is 2. The molecule has 0 unspecified atom stereocenters. The van der Waals surface area contributed by atoms with E-state index in [1.54, 1.807) is 0 Å². The Morgan fingerprint density at radius 3 is 0.841 bits per heavy atom. The third-order valence-electron chi connectivity index (χ3n) is 12.2. The summed E-state index contributed by atoms with van der Waals surface area (Å²) < 4.78 is 0. The van der Waals surface area contributed by atoms with E-state index in [0.717, 1.165) is 44.9 Å². The number of hydrogen-bond donors (Lipinski definition) is 4. The van der Waals surface area contributed by atoms with E-state index < -0.39 is 0 Å². The smallest absolute Gasteiger partial charge is 0.221 e. The number of amides is 4. The predicted molar refractivity (Wildman–Crippen MR) is 269 cm³/mol. The van der Waals surface area contributed by atoms with Gasteiger partial charge in [0.05, 0.1) is 0 Å². The van der Waals surface area contributed by atoms with E-state index >= 15 is 0 Å². The molecule has 0 rings (SSSR count). The minimum absolute atomic E-state index is 0.00677. The molecule has 4 amide bonds. The van der Waals surface area contributed by atoms with Crippen LogP contribution < -0.4 is 21.3 Å². The SMILES string of the molecule is CCCC(C)(C)CC(C)(C)CNC(=O)CCN(CCC(=O)NCC(C)(C)CC(C)(C)C)CCN(CCC(=O)NCC(C)(C)CC(C)(C)C)CCC(=O)NCC(C)(C)CC(C)(C)CC. The molecule has 10 nitrogen and oxygen atoms in total. The standard InChI is InChI=1S/C53H106N6O4/c1-21-27-49(11,12)37-53(19,20)41-57-45(63)26-31-59(29-24-43(61)55-39-51(15,16)35-47(6,7)8)33-32-58(28-23-42(60)54-38-50(13,14)34-46(3,4)5)30-25-44(62)56-40-52(17,18)36-48(9,10)22-2/h21-41H2,1-20H3,(H,54,60)(H,55,61)(H,56,62)(H,57,63). The van der Waals surface area contributed by atoms with Gasteiger partial charge < -0.3 is 31.1 Å². The normalized spacial score (nSPS) is 13.7. The van der Waals surface area contributed by atoms with Crippen molar-refractivity contribution in [1.29, 1.82) is 0 Å². The van der Waals surface area contributed by atoms with E-state index in [1.807, 2.05) is 0 Å². The van der Waals surface area contributed by atoms with Crippen LogP contribution in [0.25, 0.3) is 0 Å². The van der Waals surface area contributed by atoms with Gasteiger partial charge in [-0.05, 0) is 75.4 Å². The molecular formula is C53H106N6O4. The predicted octanol–water partition coefficient (Wildman–Crippen LogP) is 10.6. The fourth-order valence-electron chi connectivity index (χ4n) is 10.3. The van der Waals surface area contributed by atoms with Crippen molar-refractivity contribution in [2.45, 2.75) is 209 Å². The Hall–Kier alpha value is -2.20. The molecule has 0 aliphatic rings. The summed E-state index contributed by atoms with van der Waals surface area (Å²) in [6.07, 6.45) is 8.70. The summed E-state index contributed by atoms with van der Waals surface area (Å²) in [5, 5.41) is 12.8. The molecular weight excluding hydrogens is 785 g/mol. The maximum absolute atomic E-state index is 13.4. The van der Waals surface area contributed by atoms with Crippen molar-refractivity contribution in [2.75, 3.05) is 65.4 Å². The molecule has 10 heteroatoms. The lowest BCUT2D eigenvalue weighted by atomic mass is 9.73. The second-order valence-corrected chi connectivity index (χ2v) is 26.7. The van der Waals surface area contributed by atoms with Crippen LogP contribution in [0, 0.1) is 43.3 Å². The molecule has 0 aliphatic carbocycles. The van der Waals surface area contributed by atoms with Gasteiger partial charge in [-0.2, -0.15) is 0 Å². The van der Waals surface area contributed by atoms with E-state index in [4.69, 9.17) is 0 Å². The van der Waals surface area contributed by atoms with Crippen LogP contribution in [0.4, 0.5) is 0 Å². The summed E-state index contributed by atoms with van der Waals surface area (Å²) in [7, 11) is 0. The van der Waals surface area contributed by atoms with Crippen LogP contribution in [0.3, 0.4) is 0 Å². The van der Waals surface area contributed by atoms with Gasteiger partial charge in [0.2, 0.25) is 23.6 Å². The Morgan fingerprint density at radius 2 is 0.603 bits per heavy atom. The van der Waals surface area contributed by atoms with Crippen LogP contribution in [0.5, 0.6) is 0 Å². The largest absolute Gasteiger partial charge is 0.356 e. The fraction of sp³-hybridized carbons (Fsp3) is 0.925. The highest BCUT2D eigenvalue weighted by Gasteiger charge is 2.31. The molecule has 0 aromatic carbocycles. The summed E-state index contributed by atoms with van der Waals surface area (Å²) in [5.41, 5.74) is 0.596. The zero-order chi connectivity index (χ0) is 49.1. The van der Waals surface area contributed by atoms with Crippen molar-refractivity contribution in [2.24, 2.45) is 43.3 Å². The van der Waals surface area contributed by atoms with Gasteiger partial charge >= 0.3 is 0 Å². The lowest BCUT2D eigenvalue weighted by Crippen LogP contribution is -2.43. The molecule has 0 heterocycles.